The first-order chi connectivity index (χ1) is 37.8. The summed E-state index contributed by atoms with van der Waals surface area (Å²) in [6.45, 7) is 6.24. The van der Waals surface area contributed by atoms with Crippen molar-refractivity contribution in [2.24, 2.45) is 0 Å². The van der Waals surface area contributed by atoms with Crippen molar-refractivity contribution in [1.29, 1.82) is 0 Å². The Labute approximate surface area is 460 Å². The number of rotatable bonds is 21. The van der Waals surface area contributed by atoms with Gasteiger partial charge in [-0.15, -0.1) is 0 Å². The third kappa shape index (κ3) is 16.9. The van der Waals surface area contributed by atoms with Crippen LogP contribution in [0.15, 0.2) is 24.3 Å². The standard InChI is InChI=1S/C54H78N10O13S/c1-61-21-5-18-55-44(66)16-15-40(58-45(67)17-27-74-29-31-76-33-34-77-32-30-75-28-20-56-43(65)10-4-3-9-42-48-41(35-78-42)59-54(73)60-48)49(68)57-19-6-22-62(2)24-8-26-64-52(71)38-13-11-36-46-37(12-14-39(47(38)46)53(64)72)51(70)63(50(36)69)25-7-23-61/h11-14,40-42,48H,3-10,15-35H2,1-2H3,(H,55,66)(H,56,65)(H,57,68)(H,58,67)(H2,59,60,73)/t40-,41?,42?,48?/m1/s1. The van der Waals surface area contributed by atoms with Crippen molar-refractivity contribution in [3.63, 3.8) is 0 Å². The number of fused-ring (bicyclic) bond motifs is 3. The van der Waals surface area contributed by atoms with Crippen molar-refractivity contribution in [2.75, 3.05) is 132 Å². The number of carbonyl (C=O) groups is 9. The molecule has 24 heteroatoms. The summed E-state index contributed by atoms with van der Waals surface area (Å²) in [5.74, 6) is -2.01. The van der Waals surface area contributed by atoms with Crippen LogP contribution in [-0.2, 0) is 38.1 Å². The summed E-state index contributed by atoms with van der Waals surface area (Å²) in [5.41, 5.74) is 1.13. The Hall–Kier alpha value is -5.76. The first-order valence-corrected chi connectivity index (χ1v) is 28.6. The molecule has 0 radical (unpaired) electrons. The number of benzene rings is 2. The summed E-state index contributed by atoms with van der Waals surface area (Å²) in [7, 11) is 3.82. The molecule has 0 aliphatic carbocycles. The molecule has 6 N–H and O–H groups in total. The van der Waals surface area contributed by atoms with E-state index in [2.05, 4.69) is 31.9 Å². The summed E-state index contributed by atoms with van der Waals surface area (Å²) >= 11 is 1.88. The number of carbonyl (C=O) groups excluding carboxylic acids is 9. The van der Waals surface area contributed by atoms with Crippen molar-refractivity contribution < 1.29 is 62.1 Å². The van der Waals surface area contributed by atoms with Gasteiger partial charge < -0.3 is 60.6 Å². The molecule has 428 valence electrons. The lowest BCUT2D eigenvalue weighted by Crippen LogP contribution is -2.48. The number of nitrogens with zero attached hydrogens (tertiary/aromatic N) is 4. The van der Waals surface area contributed by atoms with Gasteiger partial charge in [0.25, 0.3) is 23.6 Å². The van der Waals surface area contributed by atoms with Crippen LogP contribution in [0.1, 0.15) is 112 Å². The molecule has 78 heavy (non-hydrogen) atoms. The highest BCUT2D eigenvalue weighted by Crippen LogP contribution is 2.38. The molecule has 3 unspecified atom stereocenters. The average Bonchev–Trinajstić information content (AvgIpc) is 4.12. The number of nitrogens with one attached hydrogen (secondary N) is 6. The fourth-order valence-electron chi connectivity index (χ4n) is 10.3. The number of unbranched alkanes of at least 4 members (excludes halogenated alkanes) is 1. The molecule has 23 nitrogen and oxygen atoms in total. The van der Waals surface area contributed by atoms with Gasteiger partial charge in [-0.1, -0.05) is 6.42 Å². The Morgan fingerprint density at radius 1 is 0.603 bits per heavy atom. The van der Waals surface area contributed by atoms with Crippen molar-refractivity contribution in [3.8, 4) is 0 Å². The highest BCUT2D eigenvalue weighted by Gasteiger charge is 2.43. The van der Waals surface area contributed by atoms with E-state index in [-0.39, 0.29) is 104 Å². The molecule has 4 atom stereocenters. The predicted octanol–water partition coefficient (Wildman–Crippen LogP) is 1.27. The van der Waals surface area contributed by atoms with Crippen LogP contribution < -0.4 is 31.9 Å². The maximum absolute atomic E-state index is 13.8. The van der Waals surface area contributed by atoms with Crippen molar-refractivity contribution >= 4 is 75.8 Å². The summed E-state index contributed by atoms with van der Waals surface area (Å²) in [6, 6.07) is 5.66. The number of thioether (sulfide) groups is 1. The fourth-order valence-corrected chi connectivity index (χ4v) is 11.9. The zero-order chi connectivity index (χ0) is 55.4. The zero-order valence-corrected chi connectivity index (χ0v) is 45.9. The maximum atomic E-state index is 13.8. The van der Waals surface area contributed by atoms with Crippen LogP contribution >= 0.6 is 11.8 Å². The second kappa shape index (κ2) is 30.6. The van der Waals surface area contributed by atoms with Gasteiger partial charge in [0.2, 0.25) is 23.6 Å². The number of hydrogen-bond donors (Lipinski definition) is 6. The van der Waals surface area contributed by atoms with Crippen molar-refractivity contribution in [1.82, 2.24) is 51.5 Å². The lowest BCUT2D eigenvalue weighted by atomic mass is 9.86. The lowest BCUT2D eigenvalue weighted by molar-refractivity contribution is -0.130. The first-order valence-electron chi connectivity index (χ1n) is 27.6. The van der Waals surface area contributed by atoms with Crippen molar-refractivity contribution in [2.45, 2.75) is 94.0 Å². The normalized spacial score (nSPS) is 22.4. The molecule has 2 fully saturated rings. The van der Waals surface area contributed by atoms with Crippen LogP contribution in [0.25, 0.3) is 10.8 Å². The second-order valence-electron chi connectivity index (χ2n) is 20.3. The third-order valence-corrected chi connectivity index (χ3v) is 16.0. The van der Waals surface area contributed by atoms with Gasteiger partial charge in [-0.05, 0) is 109 Å². The lowest BCUT2D eigenvalue weighted by Gasteiger charge is -2.32. The molecule has 0 saturated carbocycles. The monoisotopic (exact) mass is 1110 g/mol. The van der Waals surface area contributed by atoms with Gasteiger partial charge >= 0.3 is 6.03 Å². The molecule has 0 aromatic heterocycles. The smallest absolute Gasteiger partial charge is 0.315 e. The van der Waals surface area contributed by atoms with Gasteiger partial charge in [-0.25, -0.2) is 4.79 Å². The minimum absolute atomic E-state index is 0.000889. The van der Waals surface area contributed by atoms with E-state index in [1.54, 1.807) is 24.3 Å². The highest BCUT2D eigenvalue weighted by atomic mass is 32.2. The van der Waals surface area contributed by atoms with Gasteiger partial charge in [0, 0.05) is 96.0 Å². The topological polar surface area (TPSA) is 276 Å². The second-order valence-corrected chi connectivity index (χ2v) is 21.6. The number of imide groups is 2. The van der Waals surface area contributed by atoms with E-state index in [1.807, 2.05) is 35.7 Å². The average molecular weight is 1110 g/mol. The van der Waals surface area contributed by atoms with E-state index in [9.17, 15) is 43.2 Å². The Kier molecular flexibility index (Phi) is 23.5. The van der Waals surface area contributed by atoms with Gasteiger partial charge in [-0.3, -0.25) is 48.2 Å². The van der Waals surface area contributed by atoms with E-state index in [1.165, 1.54) is 9.80 Å². The molecule has 2 saturated heterocycles. The molecule has 10 amide bonds. The van der Waals surface area contributed by atoms with Crippen LogP contribution in [0.3, 0.4) is 0 Å². The SMILES string of the molecule is CN1CCCNC(=O)CC[C@@H](NC(=O)CCOCCOCCOCCOCCNC(=O)CCCCC2SCC3NC(=O)NC32)C(=O)NCCCN(C)CCCN2C(=O)c3ccc4c5c(ccc(c35)C2=O)C(=O)N(CCC1)C4=O. The van der Waals surface area contributed by atoms with Crippen LogP contribution in [0.4, 0.5) is 4.79 Å². The molecule has 8 bridgehead atoms. The van der Waals surface area contributed by atoms with Gasteiger partial charge in [-0.2, -0.15) is 11.8 Å². The molecule has 8 aliphatic heterocycles. The maximum Gasteiger partial charge on any atom is 0.315 e. The Bertz CT molecular complexity index is 2400. The Balaban J connectivity index is 0.758. The summed E-state index contributed by atoms with van der Waals surface area (Å²) in [4.78, 5) is 125. The predicted molar refractivity (Wildman–Crippen MR) is 290 cm³/mol. The largest absolute Gasteiger partial charge is 0.379 e. The quantitative estimate of drug-likeness (QED) is 0.0584. The number of hydrogen-bond acceptors (Lipinski definition) is 16. The van der Waals surface area contributed by atoms with E-state index in [0.717, 1.165) is 25.0 Å². The Morgan fingerprint density at radius 2 is 1.12 bits per heavy atom. The van der Waals surface area contributed by atoms with Gasteiger partial charge in [0.1, 0.15) is 6.04 Å². The highest BCUT2D eigenvalue weighted by molar-refractivity contribution is 8.00. The summed E-state index contributed by atoms with van der Waals surface area (Å²) < 4.78 is 22.3. The molecule has 0 spiro atoms. The molecule has 2 aromatic carbocycles. The Morgan fingerprint density at radius 3 is 1.68 bits per heavy atom. The van der Waals surface area contributed by atoms with Crippen LogP contribution in [0.5, 0.6) is 0 Å². The summed E-state index contributed by atoms with van der Waals surface area (Å²) in [5, 5.41) is 18.5. The van der Waals surface area contributed by atoms with Crippen LogP contribution in [-0.4, -0.2) is 228 Å². The molecule has 2 aromatic rings. The molecular weight excluding hydrogens is 1030 g/mol. The minimum atomic E-state index is -0.959. The molecular formula is C54H78N10O13S. The van der Waals surface area contributed by atoms with Crippen LogP contribution in [0.2, 0.25) is 0 Å². The zero-order valence-electron chi connectivity index (χ0n) is 45.1. The van der Waals surface area contributed by atoms with E-state index >= 15 is 0 Å². The molecule has 8 heterocycles. The van der Waals surface area contributed by atoms with Crippen molar-refractivity contribution in [3.05, 3.63) is 46.5 Å². The third-order valence-electron chi connectivity index (χ3n) is 14.5. The van der Waals surface area contributed by atoms with E-state index in [4.69, 9.17) is 18.9 Å². The molecule has 10 rings (SSSR count). The summed E-state index contributed by atoms with van der Waals surface area (Å²) in [6.07, 6.45) is 5.42. The number of urea groups is 1. The fraction of sp³-hybridized carbons (Fsp3) is 0.648. The minimum Gasteiger partial charge on any atom is -0.379 e. The van der Waals surface area contributed by atoms with E-state index in [0.29, 0.717) is 127 Å². The first kappa shape index (κ1) is 59.9. The molecule has 8 aliphatic rings. The van der Waals surface area contributed by atoms with Gasteiger partial charge in [0.05, 0.1) is 64.9 Å². The van der Waals surface area contributed by atoms with Gasteiger partial charge in [0.15, 0.2) is 0 Å². The number of amides is 10. The number of ether oxygens (including phenoxy) is 4. The van der Waals surface area contributed by atoms with E-state index < -0.39 is 41.5 Å². The van der Waals surface area contributed by atoms with Crippen LogP contribution in [0, 0.1) is 0 Å².